The number of carbonyl (C=O) groups excluding carboxylic acids is 2. The minimum absolute atomic E-state index is 0.102. The monoisotopic (exact) mass is 407 g/mol. The van der Waals surface area contributed by atoms with Gasteiger partial charge < -0.3 is 19.5 Å². The van der Waals surface area contributed by atoms with Crippen molar-refractivity contribution in [3.05, 3.63) is 57.6 Å². The molecule has 2 aromatic carbocycles. The molecular formula is C19H15Cl2NO5. The number of anilines is 1. The lowest BCUT2D eigenvalue weighted by Gasteiger charge is -2.08. The van der Waals surface area contributed by atoms with E-state index in [1.807, 2.05) is 13.0 Å². The van der Waals surface area contributed by atoms with E-state index in [0.29, 0.717) is 32.8 Å². The van der Waals surface area contributed by atoms with Crippen LogP contribution >= 0.6 is 23.2 Å². The van der Waals surface area contributed by atoms with Crippen LogP contribution in [0, 0.1) is 6.92 Å². The van der Waals surface area contributed by atoms with E-state index in [-0.39, 0.29) is 6.79 Å². The van der Waals surface area contributed by atoms with Gasteiger partial charge in [-0.1, -0.05) is 29.3 Å². The molecule has 140 valence electrons. The van der Waals surface area contributed by atoms with E-state index in [4.69, 9.17) is 37.4 Å². The summed E-state index contributed by atoms with van der Waals surface area (Å²) in [5.74, 6) is -0.185. The molecule has 1 aliphatic heterocycles. The smallest absolute Gasteiger partial charge is 0.331 e. The molecule has 6 nitrogen and oxygen atoms in total. The number of amides is 1. The summed E-state index contributed by atoms with van der Waals surface area (Å²) < 4.78 is 15.4. The number of benzene rings is 2. The molecule has 0 radical (unpaired) electrons. The Labute approximate surface area is 165 Å². The molecule has 0 fully saturated rings. The first-order valence-corrected chi connectivity index (χ1v) is 8.68. The van der Waals surface area contributed by atoms with Crippen LogP contribution in [0.15, 0.2) is 36.4 Å². The lowest BCUT2D eigenvalue weighted by Crippen LogP contribution is -2.20. The van der Waals surface area contributed by atoms with E-state index in [9.17, 15) is 9.59 Å². The molecule has 27 heavy (non-hydrogen) atoms. The number of hydrogen-bond acceptors (Lipinski definition) is 5. The van der Waals surface area contributed by atoms with Crippen molar-refractivity contribution in [2.75, 3.05) is 18.7 Å². The van der Waals surface area contributed by atoms with Crippen LogP contribution in [0.5, 0.6) is 11.5 Å². The highest BCUT2D eigenvalue weighted by molar-refractivity contribution is 6.33. The molecule has 0 aliphatic carbocycles. The van der Waals surface area contributed by atoms with Gasteiger partial charge in [-0.05, 0) is 48.4 Å². The summed E-state index contributed by atoms with van der Waals surface area (Å²) in [5.41, 5.74) is 2.06. The van der Waals surface area contributed by atoms with Gasteiger partial charge in [0.15, 0.2) is 18.1 Å². The summed E-state index contributed by atoms with van der Waals surface area (Å²) in [5, 5.41) is 3.38. The summed E-state index contributed by atoms with van der Waals surface area (Å²) in [7, 11) is 0. The summed E-state index contributed by atoms with van der Waals surface area (Å²) in [6, 6.07) is 8.53. The molecule has 0 unspecified atom stereocenters. The number of esters is 1. The first-order valence-electron chi connectivity index (χ1n) is 7.92. The van der Waals surface area contributed by atoms with Crippen LogP contribution < -0.4 is 14.8 Å². The molecule has 0 bridgehead atoms. The maximum atomic E-state index is 11.9. The van der Waals surface area contributed by atoms with Gasteiger partial charge in [-0.25, -0.2) is 4.79 Å². The van der Waals surface area contributed by atoms with Crippen molar-refractivity contribution < 1.29 is 23.8 Å². The predicted octanol–water partition coefficient (Wildman–Crippen LogP) is 4.23. The van der Waals surface area contributed by atoms with Gasteiger partial charge in [0, 0.05) is 6.08 Å². The van der Waals surface area contributed by atoms with Gasteiger partial charge in [-0.3, -0.25) is 4.79 Å². The maximum absolute atomic E-state index is 11.9. The zero-order valence-corrected chi connectivity index (χ0v) is 15.8. The van der Waals surface area contributed by atoms with Crippen LogP contribution in [0.1, 0.15) is 11.1 Å². The van der Waals surface area contributed by atoms with Crippen molar-refractivity contribution >= 4 is 46.8 Å². The third kappa shape index (κ3) is 4.93. The maximum Gasteiger partial charge on any atom is 0.331 e. The highest BCUT2D eigenvalue weighted by Crippen LogP contribution is 2.40. The number of carbonyl (C=O) groups is 2. The second-order valence-corrected chi connectivity index (χ2v) is 6.52. The lowest BCUT2D eigenvalue weighted by atomic mass is 10.2. The highest BCUT2D eigenvalue weighted by atomic mass is 35.5. The summed E-state index contributed by atoms with van der Waals surface area (Å²) in [6.45, 7) is 1.55. The van der Waals surface area contributed by atoms with Crippen molar-refractivity contribution in [2.24, 2.45) is 0 Å². The van der Waals surface area contributed by atoms with Crippen molar-refractivity contribution in [1.82, 2.24) is 0 Å². The zero-order chi connectivity index (χ0) is 19.4. The Morgan fingerprint density at radius 3 is 2.78 bits per heavy atom. The average Bonchev–Trinajstić information content (AvgIpc) is 3.10. The minimum Gasteiger partial charge on any atom is -0.454 e. The third-order valence-corrected chi connectivity index (χ3v) is 4.20. The van der Waals surface area contributed by atoms with Crippen molar-refractivity contribution in [1.29, 1.82) is 0 Å². The van der Waals surface area contributed by atoms with Crippen LogP contribution in [0.2, 0.25) is 10.0 Å². The van der Waals surface area contributed by atoms with Crippen LogP contribution in [-0.2, 0) is 14.3 Å². The number of ether oxygens (including phenoxy) is 3. The van der Waals surface area contributed by atoms with E-state index < -0.39 is 18.5 Å². The van der Waals surface area contributed by atoms with Crippen LogP contribution in [-0.4, -0.2) is 25.3 Å². The summed E-state index contributed by atoms with van der Waals surface area (Å²) >= 11 is 12.1. The normalized spacial score (nSPS) is 12.3. The van der Waals surface area contributed by atoms with E-state index in [2.05, 4.69) is 5.32 Å². The quantitative estimate of drug-likeness (QED) is 0.592. The Bertz CT molecular complexity index is 927. The van der Waals surface area contributed by atoms with Crippen LogP contribution in [0.3, 0.4) is 0 Å². The summed E-state index contributed by atoms with van der Waals surface area (Å²) in [6.07, 6.45) is 2.70. The van der Waals surface area contributed by atoms with E-state index in [0.717, 1.165) is 5.56 Å². The molecule has 1 N–H and O–H groups in total. The number of nitrogens with one attached hydrogen (secondary N) is 1. The standard InChI is InChI=1S/C19H15Cl2NO5/c1-11-2-4-15(13(20)6-11)22-17(23)9-25-18(24)5-3-12-7-14(21)19-16(8-12)26-10-27-19/h2-8H,9-10H2,1H3,(H,22,23)/b5-3+. The Morgan fingerprint density at radius 1 is 1.19 bits per heavy atom. The fraction of sp³-hybridized carbons (Fsp3) is 0.158. The molecule has 0 atom stereocenters. The molecule has 1 heterocycles. The number of aryl methyl sites for hydroxylation is 1. The first-order chi connectivity index (χ1) is 12.9. The fourth-order valence-corrected chi connectivity index (χ4v) is 2.90. The molecule has 2 aromatic rings. The zero-order valence-electron chi connectivity index (χ0n) is 14.3. The van der Waals surface area contributed by atoms with Gasteiger partial charge in [0.2, 0.25) is 6.79 Å². The van der Waals surface area contributed by atoms with Gasteiger partial charge >= 0.3 is 5.97 Å². The molecule has 0 saturated heterocycles. The number of rotatable bonds is 5. The molecule has 8 heteroatoms. The molecule has 0 aromatic heterocycles. The number of fused-ring (bicyclic) bond motifs is 1. The van der Waals surface area contributed by atoms with Gasteiger partial charge in [-0.2, -0.15) is 0 Å². The topological polar surface area (TPSA) is 73.9 Å². The molecule has 0 saturated carbocycles. The highest BCUT2D eigenvalue weighted by Gasteiger charge is 2.17. The Morgan fingerprint density at radius 2 is 2.00 bits per heavy atom. The van der Waals surface area contributed by atoms with E-state index >= 15 is 0 Å². The number of halogens is 2. The van der Waals surface area contributed by atoms with Gasteiger partial charge in [0.05, 0.1) is 15.7 Å². The van der Waals surface area contributed by atoms with Gasteiger partial charge in [-0.15, -0.1) is 0 Å². The SMILES string of the molecule is Cc1ccc(NC(=O)COC(=O)/C=C/c2cc(Cl)c3c(c2)OCO3)c(Cl)c1. The Hall–Kier alpha value is -2.70. The van der Waals surface area contributed by atoms with E-state index in [1.165, 1.54) is 12.2 Å². The number of hydrogen-bond donors (Lipinski definition) is 1. The second kappa shape index (κ2) is 8.33. The molecule has 1 aliphatic rings. The predicted molar refractivity (Wildman–Crippen MR) is 102 cm³/mol. The Kier molecular flexibility index (Phi) is 5.88. The summed E-state index contributed by atoms with van der Waals surface area (Å²) in [4.78, 5) is 23.7. The van der Waals surface area contributed by atoms with Crippen molar-refractivity contribution in [3.63, 3.8) is 0 Å². The minimum atomic E-state index is -0.672. The van der Waals surface area contributed by atoms with Crippen molar-refractivity contribution in [2.45, 2.75) is 6.92 Å². The largest absolute Gasteiger partial charge is 0.454 e. The average molecular weight is 408 g/mol. The third-order valence-electron chi connectivity index (χ3n) is 3.61. The van der Waals surface area contributed by atoms with Crippen LogP contribution in [0.4, 0.5) is 5.69 Å². The first kappa shape index (κ1) is 19.1. The lowest BCUT2D eigenvalue weighted by molar-refractivity contribution is -0.142. The Balaban J connectivity index is 1.53. The molecule has 1 amide bonds. The van der Waals surface area contributed by atoms with Crippen molar-refractivity contribution in [3.8, 4) is 11.5 Å². The van der Waals surface area contributed by atoms with Gasteiger partial charge in [0.1, 0.15) is 0 Å². The van der Waals surface area contributed by atoms with Gasteiger partial charge in [0.25, 0.3) is 5.91 Å². The molecular weight excluding hydrogens is 393 g/mol. The molecule has 3 rings (SSSR count). The second-order valence-electron chi connectivity index (χ2n) is 5.71. The van der Waals surface area contributed by atoms with E-state index in [1.54, 1.807) is 24.3 Å². The fourth-order valence-electron chi connectivity index (χ4n) is 2.34. The molecule has 0 spiro atoms. The van der Waals surface area contributed by atoms with Crippen LogP contribution in [0.25, 0.3) is 6.08 Å².